The van der Waals surface area contributed by atoms with Gasteiger partial charge in [-0.3, -0.25) is 9.89 Å². The van der Waals surface area contributed by atoms with E-state index in [9.17, 15) is 13.2 Å². The van der Waals surface area contributed by atoms with E-state index in [1.165, 1.54) is 7.05 Å². The molecule has 1 rings (SSSR count). The summed E-state index contributed by atoms with van der Waals surface area (Å²) in [6.45, 7) is 8.15. The summed E-state index contributed by atoms with van der Waals surface area (Å²) in [6, 6.07) is 0. The van der Waals surface area contributed by atoms with Crippen molar-refractivity contribution in [2.75, 3.05) is 46.4 Å². The highest BCUT2D eigenvalue weighted by molar-refractivity contribution is 5.79. The lowest BCUT2D eigenvalue weighted by atomic mass is 10.2. The average molecular weight is 324 g/mol. The van der Waals surface area contributed by atoms with Gasteiger partial charge in [-0.1, -0.05) is 13.8 Å². The first kappa shape index (κ1) is 19.0. The van der Waals surface area contributed by atoms with Crippen LogP contribution in [0.1, 0.15) is 20.3 Å². The molecule has 0 saturated carbocycles. The first-order valence-corrected chi connectivity index (χ1v) is 7.65. The molecule has 1 aliphatic rings. The van der Waals surface area contributed by atoms with Crippen molar-refractivity contribution in [2.45, 2.75) is 32.5 Å². The van der Waals surface area contributed by atoms with Gasteiger partial charge < -0.3 is 15.4 Å². The number of nitrogens with zero attached hydrogens (tertiary/aromatic N) is 2. The van der Waals surface area contributed by atoms with Gasteiger partial charge in [0.15, 0.2) is 5.96 Å². The number of ether oxygens (including phenoxy) is 1. The van der Waals surface area contributed by atoms with Crippen molar-refractivity contribution >= 4 is 5.96 Å². The van der Waals surface area contributed by atoms with Gasteiger partial charge in [0.25, 0.3) is 0 Å². The van der Waals surface area contributed by atoms with E-state index >= 15 is 0 Å². The third-order valence-corrected chi connectivity index (χ3v) is 3.27. The Bertz CT molecular complexity index is 347. The Hall–Kier alpha value is -1.02. The average Bonchev–Trinajstić information content (AvgIpc) is 2.41. The van der Waals surface area contributed by atoms with Gasteiger partial charge in [-0.05, 0) is 5.92 Å². The molecular weight excluding hydrogens is 297 g/mol. The zero-order valence-electron chi connectivity index (χ0n) is 13.5. The summed E-state index contributed by atoms with van der Waals surface area (Å²) in [5, 5.41) is 5.68. The third kappa shape index (κ3) is 8.43. The third-order valence-electron chi connectivity index (χ3n) is 3.27. The topological polar surface area (TPSA) is 48.9 Å². The van der Waals surface area contributed by atoms with Crippen molar-refractivity contribution in [3.8, 4) is 0 Å². The molecule has 0 amide bonds. The summed E-state index contributed by atoms with van der Waals surface area (Å²) in [7, 11) is 1.54. The molecule has 1 aliphatic heterocycles. The summed E-state index contributed by atoms with van der Waals surface area (Å²) in [5.41, 5.74) is 0. The quantitative estimate of drug-likeness (QED) is 0.574. The lowest BCUT2D eigenvalue weighted by Crippen LogP contribution is -2.50. The molecule has 0 aromatic rings. The van der Waals surface area contributed by atoms with E-state index in [0.29, 0.717) is 25.0 Å². The number of hydrogen-bond donors (Lipinski definition) is 2. The van der Waals surface area contributed by atoms with E-state index in [1.807, 2.05) is 0 Å². The summed E-state index contributed by atoms with van der Waals surface area (Å²) in [5.74, 6) is 0.970. The van der Waals surface area contributed by atoms with Gasteiger partial charge >= 0.3 is 6.18 Å². The van der Waals surface area contributed by atoms with Crippen LogP contribution in [0.25, 0.3) is 0 Å². The second-order valence-corrected chi connectivity index (χ2v) is 5.89. The molecule has 0 bridgehead atoms. The van der Waals surface area contributed by atoms with Crippen molar-refractivity contribution < 1.29 is 17.9 Å². The minimum absolute atomic E-state index is 0.0219. The van der Waals surface area contributed by atoms with Crippen LogP contribution in [0.4, 0.5) is 13.2 Å². The fourth-order valence-electron chi connectivity index (χ4n) is 2.34. The van der Waals surface area contributed by atoms with E-state index in [4.69, 9.17) is 4.74 Å². The molecule has 0 aliphatic carbocycles. The molecule has 1 unspecified atom stereocenters. The smallest absolute Gasteiger partial charge is 0.374 e. The first-order chi connectivity index (χ1) is 10.3. The highest BCUT2D eigenvalue weighted by atomic mass is 19.4. The van der Waals surface area contributed by atoms with Crippen LogP contribution in [0.5, 0.6) is 0 Å². The van der Waals surface area contributed by atoms with Crippen LogP contribution in [-0.4, -0.2) is 69.5 Å². The monoisotopic (exact) mass is 324 g/mol. The SMILES string of the molecule is CN=C(NCCC(F)(F)F)NCC1CN(CC(C)C)CCO1. The van der Waals surface area contributed by atoms with Crippen LogP contribution in [0.2, 0.25) is 0 Å². The molecule has 130 valence electrons. The van der Waals surface area contributed by atoms with E-state index in [1.54, 1.807) is 0 Å². The lowest BCUT2D eigenvalue weighted by molar-refractivity contribution is -0.132. The molecule has 0 aromatic carbocycles. The molecule has 1 heterocycles. The molecule has 1 saturated heterocycles. The van der Waals surface area contributed by atoms with Crippen LogP contribution in [-0.2, 0) is 4.74 Å². The molecule has 1 fully saturated rings. The van der Waals surface area contributed by atoms with Crippen LogP contribution >= 0.6 is 0 Å². The zero-order chi connectivity index (χ0) is 16.6. The zero-order valence-corrected chi connectivity index (χ0v) is 13.5. The Morgan fingerprint density at radius 2 is 2.09 bits per heavy atom. The predicted molar refractivity (Wildman–Crippen MR) is 81.1 cm³/mol. The van der Waals surface area contributed by atoms with Gasteiger partial charge in [0.1, 0.15) is 0 Å². The Morgan fingerprint density at radius 1 is 1.36 bits per heavy atom. The Kier molecular flexibility index (Phi) is 7.95. The van der Waals surface area contributed by atoms with Gasteiger partial charge in [0, 0.05) is 39.8 Å². The minimum atomic E-state index is -4.16. The number of aliphatic imine (C=N–C) groups is 1. The van der Waals surface area contributed by atoms with Crippen LogP contribution < -0.4 is 10.6 Å². The molecule has 5 nitrogen and oxygen atoms in total. The molecule has 1 atom stereocenters. The number of rotatable bonds is 6. The van der Waals surface area contributed by atoms with E-state index in [0.717, 1.165) is 19.6 Å². The summed E-state index contributed by atoms with van der Waals surface area (Å²) < 4.78 is 42.0. The largest absolute Gasteiger partial charge is 0.390 e. The van der Waals surface area contributed by atoms with Crippen LogP contribution in [0, 0.1) is 5.92 Å². The first-order valence-electron chi connectivity index (χ1n) is 7.65. The molecule has 0 spiro atoms. The number of alkyl halides is 3. The molecule has 8 heteroatoms. The van der Waals surface area contributed by atoms with Gasteiger partial charge in [-0.25, -0.2) is 0 Å². The fourth-order valence-corrected chi connectivity index (χ4v) is 2.34. The van der Waals surface area contributed by atoms with Crippen molar-refractivity contribution in [1.82, 2.24) is 15.5 Å². The normalized spacial score (nSPS) is 21.2. The lowest BCUT2D eigenvalue weighted by Gasteiger charge is -2.34. The fraction of sp³-hybridized carbons (Fsp3) is 0.929. The molecule has 22 heavy (non-hydrogen) atoms. The van der Waals surface area contributed by atoms with E-state index in [-0.39, 0.29) is 12.6 Å². The molecule has 0 aromatic heterocycles. The molecular formula is C14H27F3N4O. The van der Waals surface area contributed by atoms with Crippen molar-refractivity contribution in [1.29, 1.82) is 0 Å². The van der Waals surface area contributed by atoms with Crippen molar-refractivity contribution in [3.05, 3.63) is 0 Å². The summed E-state index contributed by atoms with van der Waals surface area (Å²) >= 11 is 0. The number of nitrogens with one attached hydrogen (secondary N) is 2. The Labute approximate surface area is 130 Å². The number of halogens is 3. The van der Waals surface area contributed by atoms with Crippen LogP contribution in [0.15, 0.2) is 4.99 Å². The highest BCUT2D eigenvalue weighted by Crippen LogP contribution is 2.18. The van der Waals surface area contributed by atoms with Crippen molar-refractivity contribution in [3.63, 3.8) is 0 Å². The number of guanidine groups is 1. The number of morpholine rings is 1. The van der Waals surface area contributed by atoms with Crippen LogP contribution in [0.3, 0.4) is 0 Å². The van der Waals surface area contributed by atoms with Gasteiger partial charge in [0.05, 0.1) is 19.1 Å². The van der Waals surface area contributed by atoms with Gasteiger partial charge in [-0.15, -0.1) is 0 Å². The minimum Gasteiger partial charge on any atom is -0.374 e. The van der Waals surface area contributed by atoms with E-state index < -0.39 is 12.6 Å². The maximum atomic E-state index is 12.1. The van der Waals surface area contributed by atoms with Gasteiger partial charge in [-0.2, -0.15) is 13.2 Å². The standard InChI is InChI=1S/C14H27F3N4O/c1-11(2)9-21-6-7-22-12(10-21)8-20-13(18-3)19-5-4-14(15,16)17/h11-12H,4-10H2,1-3H3,(H2,18,19,20). The second kappa shape index (κ2) is 9.19. The van der Waals surface area contributed by atoms with Gasteiger partial charge in [0.2, 0.25) is 0 Å². The Balaban J connectivity index is 2.27. The summed E-state index contributed by atoms with van der Waals surface area (Å²) in [4.78, 5) is 6.26. The van der Waals surface area contributed by atoms with Crippen molar-refractivity contribution in [2.24, 2.45) is 10.9 Å². The number of hydrogen-bond acceptors (Lipinski definition) is 3. The maximum absolute atomic E-state index is 12.1. The molecule has 0 radical (unpaired) electrons. The molecule has 2 N–H and O–H groups in total. The highest BCUT2D eigenvalue weighted by Gasteiger charge is 2.26. The predicted octanol–water partition coefficient (Wildman–Crippen LogP) is 1.46. The summed E-state index contributed by atoms with van der Waals surface area (Å²) in [6.07, 6.45) is -5.01. The maximum Gasteiger partial charge on any atom is 0.390 e. The Morgan fingerprint density at radius 3 is 2.68 bits per heavy atom. The van der Waals surface area contributed by atoms with E-state index in [2.05, 4.69) is 34.4 Å². The second-order valence-electron chi connectivity index (χ2n) is 5.89.